The summed E-state index contributed by atoms with van der Waals surface area (Å²) in [6.07, 6.45) is 9.11. The molecule has 82 valence electrons. The minimum absolute atomic E-state index is 0.198. The molecule has 0 radical (unpaired) electrons. The predicted molar refractivity (Wildman–Crippen MR) is 56.1 cm³/mol. The molecule has 0 aromatic rings. The molecule has 2 heteroatoms. The Kier molecular flexibility index (Phi) is 3.13. The van der Waals surface area contributed by atoms with E-state index in [2.05, 4.69) is 13.8 Å². The maximum Gasteiger partial charge on any atom is 0.169 e. The smallest absolute Gasteiger partial charge is 0.169 e. The highest BCUT2D eigenvalue weighted by Crippen LogP contribution is 2.39. The largest absolute Gasteiger partial charge is 0.347 e. The Morgan fingerprint density at radius 2 is 1.86 bits per heavy atom. The highest BCUT2D eigenvalue weighted by atomic mass is 16.7. The summed E-state index contributed by atoms with van der Waals surface area (Å²) < 4.78 is 12.1. The Morgan fingerprint density at radius 3 is 2.50 bits per heavy atom. The second-order valence-corrected chi connectivity index (χ2v) is 4.77. The first-order valence-corrected chi connectivity index (χ1v) is 6.10. The van der Waals surface area contributed by atoms with Gasteiger partial charge < -0.3 is 9.47 Å². The Hall–Kier alpha value is -0.0800. The third-order valence-electron chi connectivity index (χ3n) is 3.50. The van der Waals surface area contributed by atoms with Crippen LogP contribution in [0, 0.1) is 0 Å². The average molecular weight is 198 g/mol. The number of rotatable bonds is 1. The van der Waals surface area contributed by atoms with Gasteiger partial charge >= 0.3 is 0 Å². The quantitative estimate of drug-likeness (QED) is 0.644. The van der Waals surface area contributed by atoms with Gasteiger partial charge in [-0.15, -0.1) is 0 Å². The van der Waals surface area contributed by atoms with Gasteiger partial charge in [-0.3, -0.25) is 0 Å². The van der Waals surface area contributed by atoms with E-state index in [1.54, 1.807) is 0 Å². The molecule has 2 nitrogen and oxygen atoms in total. The van der Waals surface area contributed by atoms with E-state index in [1.165, 1.54) is 25.7 Å². The fraction of sp³-hybridized carbons (Fsp3) is 1.00. The first-order chi connectivity index (χ1) is 6.74. The lowest BCUT2D eigenvalue weighted by Gasteiger charge is -2.45. The normalized spacial score (nSPS) is 44.1. The molecule has 2 rings (SSSR count). The maximum absolute atomic E-state index is 6.11. The zero-order chi connectivity index (χ0) is 10.0. The van der Waals surface area contributed by atoms with Gasteiger partial charge in [-0.2, -0.15) is 0 Å². The molecular formula is C12H22O2. The molecule has 0 unspecified atom stereocenters. The van der Waals surface area contributed by atoms with Crippen molar-refractivity contribution in [3.63, 3.8) is 0 Å². The minimum atomic E-state index is -0.198. The zero-order valence-corrected chi connectivity index (χ0v) is 9.42. The van der Waals surface area contributed by atoms with E-state index in [0.29, 0.717) is 12.2 Å². The minimum Gasteiger partial charge on any atom is -0.347 e. The molecule has 2 aliphatic rings. The SMILES string of the molecule is CC[C@@H]1CCC[C@@]2(CCC[C@H](C)O2)O1. The molecule has 1 spiro atoms. The van der Waals surface area contributed by atoms with Gasteiger partial charge in [0, 0.05) is 12.8 Å². The van der Waals surface area contributed by atoms with Crippen molar-refractivity contribution in [2.24, 2.45) is 0 Å². The maximum atomic E-state index is 6.11. The third kappa shape index (κ3) is 2.12. The fourth-order valence-corrected chi connectivity index (χ4v) is 2.72. The van der Waals surface area contributed by atoms with E-state index in [4.69, 9.17) is 9.47 Å². The molecule has 0 aromatic heterocycles. The molecule has 0 saturated carbocycles. The second-order valence-electron chi connectivity index (χ2n) is 4.77. The van der Waals surface area contributed by atoms with Crippen molar-refractivity contribution in [2.45, 2.75) is 76.8 Å². The van der Waals surface area contributed by atoms with Crippen LogP contribution in [-0.4, -0.2) is 18.0 Å². The summed E-state index contributed by atoms with van der Waals surface area (Å²) in [6, 6.07) is 0. The molecule has 2 heterocycles. The van der Waals surface area contributed by atoms with Crippen molar-refractivity contribution in [2.75, 3.05) is 0 Å². The van der Waals surface area contributed by atoms with E-state index in [0.717, 1.165) is 19.3 Å². The van der Waals surface area contributed by atoms with Crippen molar-refractivity contribution < 1.29 is 9.47 Å². The molecule has 0 aromatic carbocycles. The second kappa shape index (κ2) is 4.19. The summed E-state index contributed by atoms with van der Waals surface area (Å²) in [7, 11) is 0. The highest BCUT2D eigenvalue weighted by molar-refractivity contribution is 4.82. The Balaban J connectivity index is 1.99. The van der Waals surface area contributed by atoms with Crippen LogP contribution >= 0.6 is 0 Å². The van der Waals surface area contributed by atoms with E-state index < -0.39 is 0 Å². The van der Waals surface area contributed by atoms with Gasteiger partial charge in [0.25, 0.3) is 0 Å². The van der Waals surface area contributed by atoms with E-state index in [9.17, 15) is 0 Å². The number of ether oxygens (including phenoxy) is 2. The Morgan fingerprint density at radius 1 is 1.14 bits per heavy atom. The van der Waals surface area contributed by atoms with Crippen LogP contribution in [0.2, 0.25) is 0 Å². The van der Waals surface area contributed by atoms with Crippen molar-refractivity contribution >= 4 is 0 Å². The molecule has 2 fully saturated rings. The monoisotopic (exact) mass is 198 g/mol. The molecule has 2 saturated heterocycles. The number of hydrogen-bond donors (Lipinski definition) is 0. The Bertz CT molecular complexity index is 189. The molecular weight excluding hydrogens is 176 g/mol. The number of hydrogen-bond acceptors (Lipinski definition) is 2. The van der Waals surface area contributed by atoms with Gasteiger partial charge in [-0.1, -0.05) is 6.92 Å². The van der Waals surface area contributed by atoms with Crippen LogP contribution in [0.4, 0.5) is 0 Å². The zero-order valence-electron chi connectivity index (χ0n) is 9.42. The van der Waals surface area contributed by atoms with E-state index in [-0.39, 0.29) is 5.79 Å². The van der Waals surface area contributed by atoms with Crippen molar-refractivity contribution in [1.82, 2.24) is 0 Å². The summed E-state index contributed by atoms with van der Waals surface area (Å²) >= 11 is 0. The summed E-state index contributed by atoms with van der Waals surface area (Å²) in [5.74, 6) is -0.198. The van der Waals surface area contributed by atoms with Crippen LogP contribution in [0.5, 0.6) is 0 Å². The van der Waals surface area contributed by atoms with E-state index >= 15 is 0 Å². The van der Waals surface area contributed by atoms with Crippen molar-refractivity contribution in [3.05, 3.63) is 0 Å². The van der Waals surface area contributed by atoms with Crippen molar-refractivity contribution in [1.29, 1.82) is 0 Å². The standard InChI is InChI=1S/C12H22O2/c1-3-11-7-5-9-12(14-11)8-4-6-10(2)13-12/h10-11H,3-9H2,1-2H3/t10-,11+,12+/m0/s1. The van der Waals surface area contributed by atoms with Gasteiger partial charge in [-0.05, 0) is 39.0 Å². The molecule has 0 bridgehead atoms. The predicted octanol–water partition coefficient (Wildman–Crippen LogP) is 3.25. The van der Waals surface area contributed by atoms with E-state index in [1.807, 2.05) is 0 Å². The summed E-state index contributed by atoms with van der Waals surface area (Å²) in [5.41, 5.74) is 0. The van der Waals surface area contributed by atoms with Gasteiger partial charge in [0.05, 0.1) is 12.2 Å². The lowest BCUT2D eigenvalue weighted by atomic mass is 9.92. The van der Waals surface area contributed by atoms with Crippen LogP contribution < -0.4 is 0 Å². The highest BCUT2D eigenvalue weighted by Gasteiger charge is 2.40. The first-order valence-electron chi connectivity index (χ1n) is 6.10. The Labute approximate surface area is 87.0 Å². The van der Waals surface area contributed by atoms with Crippen LogP contribution in [0.15, 0.2) is 0 Å². The van der Waals surface area contributed by atoms with Crippen LogP contribution in [0.1, 0.15) is 58.8 Å². The van der Waals surface area contributed by atoms with Gasteiger partial charge in [0.2, 0.25) is 0 Å². The summed E-state index contributed by atoms with van der Waals surface area (Å²) in [5, 5.41) is 0. The van der Waals surface area contributed by atoms with Crippen LogP contribution in [0.3, 0.4) is 0 Å². The lowest BCUT2D eigenvalue weighted by molar-refractivity contribution is -0.312. The molecule has 2 aliphatic heterocycles. The van der Waals surface area contributed by atoms with Crippen molar-refractivity contribution in [3.8, 4) is 0 Å². The van der Waals surface area contributed by atoms with Gasteiger partial charge in [0.1, 0.15) is 0 Å². The topological polar surface area (TPSA) is 18.5 Å². The third-order valence-corrected chi connectivity index (χ3v) is 3.50. The molecule has 3 atom stereocenters. The average Bonchev–Trinajstić information content (AvgIpc) is 2.17. The van der Waals surface area contributed by atoms with Crippen LogP contribution in [-0.2, 0) is 9.47 Å². The lowest BCUT2D eigenvalue weighted by Crippen LogP contribution is -2.47. The summed E-state index contributed by atoms with van der Waals surface area (Å²) in [4.78, 5) is 0. The fourth-order valence-electron chi connectivity index (χ4n) is 2.72. The van der Waals surface area contributed by atoms with Gasteiger partial charge in [-0.25, -0.2) is 0 Å². The van der Waals surface area contributed by atoms with Crippen LogP contribution in [0.25, 0.3) is 0 Å². The molecule has 0 aliphatic carbocycles. The molecule has 0 N–H and O–H groups in total. The summed E-state index contributed by atoms with van der Waals surface area (Å²) in [6.45, 7) is 4.37. The molecule has 14 heavy (non-hydrogen) atoms. The first kappa shape index (κ1) is 10.4. The van der Waals surface area contributed by atoms with Gasteiger partial charge in [0.15, 0.2) is 5.79 Å². The molecule has 0 amide bonds.